The Morgan fingerprint density at radius 2 is 1.53 bits per heavy atom. The average molecular weight is 211 g/mol. The Hall–Kier alpha value is 0.0249. The average Bonchev–Trinajstić information content (AvgIpc) is 2.55. The lowest BCUT2D eigenvalue weighted by atomic mass is 9.95. The third kappa shape index (κ3) is 7.00. The zero-order valence-corrected chi connectivity index (χ0v) is 11.4. The van der Waals surface area contributed by atoms with Crippen molar-refractivity contribution in [3.8, 4) is 0 Å². The molecule has 0 aromatic heterocycles. The van der Waals surface area contributed by atoms with Gasteiger partial charge in [-0.3, -0.25) is 0 Å². The summed E-state index contributed by atoms with van der Waals surface area (Å²) in [5.41, 5.74) is 0. The highest BCUT2D eigenvalue weighted by Crippen LogP contribution is 2.33. The van der Waals surface area contributed by atoms with Gasteiger partial charge in [0.05, 0.1) is 12.2 Å². The van der Waals surface area contributed by atoms with Crippen LogP contribution in [0.4, 0.5) is 0 Å². The van der Waals surface area contributed by atoms with Crippen molar-refractivity contribution in [1.82, 2.24) is 0 Å². The van der Waals surface area contributed by atoms with Gasteiger partial charge in [0.15, 0.2) is 0 Å². The van der Waals surface area contributed by atoms with Gasteiger partial charge in [0, 0.05) is 8.41 Å². The summed E-state index contributed by atoms with van der Waals surface area (Å²) in [7, 11) is 0. The molecule has 1 rings (SSSR count). The lowest BCUT2D eigenvalue weighted by Crippen LogP contribution is -2.15. The second-order valence-electron chi connectivity index (χ2n) is 4.62. The summed E-state index contributed by atoms with van der Waals surface area (Å²) in [5, 5.41) is 0. The van der Waals surface area contributed by atoms with Gasteiger partial charge in [-0.15, -0.1) is 0 Å². The van der Waals surface area contributed by atoms with E-state index in [0.717, 1.165) is 11.8 Å². The number of hydrogen-bond donors (Lipinski definition) is 0. The van der Waals surface area contributed by atoms with Crippen molar-refractivity contribution in [2.75, 3.05) is 0 Å². The van der Waals surface area contributed by atoms with Crippen LogP contribution >= 0.6 is 0 Å². The summed E-state index contributed by atoms with van der Waals surface area (Å²) in [6.07, 6.45) is 4.89. The third-order valence-electron chi connectivity index (χ3n) is 2.83. The van der Waals surface area contributed by atoms with E-state index in [1.807, 2.05) is 13.8 Å². The summed E-state index contributed by atoms with van der Waals surface area (Å²) in [6.45, 7) is 12.9. The van der Waals surface area contributed by atoms with Gasteiger partial charge >= 0.3 is 0 Å². The van der Waals surface area contributed by atoms with Crippen LogP contribution in [0.5, 0.6) is 0 Å². The number of ether oxygens (including phenoxy) is 1. The first kappa shape index (κ1) is 17.4. The van der Waals surface area contributed by atoms with E-state index in [9.17, 15) is 0 Å². The van der Waals surface area contributed by atoms with Gasteiger partial charge in [0.25, 0.3) is 0 Å². The van der Waals surface area contributed by atoms with E-state index in [-0.39, 0.29) is 8.41 Å². The van der Waals surface area contributed by atoms with Crippen LogP contribution in [0.3, 0.4) is 0 Å². The molecule has 0 spiro atoms. The molecule has 2 unspecified atom stereocenters. The maximum Gasteiger partial charge on any atom is 0.0581 e. The zero-order chi connectivity index (χ0) is 11.1. The Labute approximate surface area is 98.6 Å². The molecule has 0 aromatic carbocycles. The van der Waals surface area contributed by atoms with Crippen molar-refractivity contribution in [3.05, 3.63) is 0 Å². The minimum atomic E-state index is 0. The fourth-order valence-corrected chi connectivity index (χ4v) is 2.09. The maximum atomic E-state index is 5.79. The van der Waals surface area contributed by atoms with Gasteiger partial charge < -0.3 is 4.74 Å². The van der Waals surface area contributed by atoms with Gasteiger partial charge in [0.2, 0.25) is 0 Å². The van der Waals surface area contributed by atoms with Crippen molar-refractivity contribution in [2.24, 2.45) is 11.8 Å². The molecule has 15 heavy (non-hydrogen) atoms. The van der Waals surface area contributed by atoms with Crippen LogP contribution in [-0.4, -0.2) is 20.6 Å². The third-order valence-corrected chi connectivity index (χ3v) is 2.83. The van der Waals surface area contributed by atoms with Crippen LogP contribution in [-0.2, 0) is 4.74 Å². The molecule has 89 valence electrons. The highest BCUT2D eigenvalue weighted by Gasteiger charge is 2.27. The molecule has 0 aliphatic heterocycles. The minimum Gasteiger partial charge on any atom is -0.376 e. The molecule has 2 atom stereocenters. The standard InChI is InChI=1S/C11H22O.C2H6.B/c1-8(2)10-5-6-11(7-10)12-9(3)4;1-2;/h8-11H,5-7H2,1-4H3;1-2H3;. The van der Waals surface area contributed by atoms with Crippen molar-refractivity contribution in [1.29, 1.82) is 0 Å². The van der Waals surface area contributed by atoms with Gasteiger partial charge in [-0.2, -0.15) is 0 Å². The predicted molar refractivity (Wildman–Crippen MR) is 69.3 cm³/mol. The summed E-state index contributed by atoms with van der Waals surface area (Å²) in [6, 6.07) is 0. The molecule has 0 aromatic rings. The Morgan fingerprint density at radius 1 is 1.00 bits per heavy atom. The second kappa shape index (κ2) is 9.27. The summed E-state index contributed by atoms with van der Waals surface area (Å²) < 4.78 is 5.79. The van der Waals surface area contributed by atoms with E-state index in [4.69, 9.17) is 4.74 Å². The molecule has 1 nitrogen and oxygen atoms in total. The topological polar surface area (TPSA) is 9.23 Å². The molecule has 0 bridgehead atoms. The lowest BCUT2D eigenvalue weighted by molar-refractivity contribution is 0.00919. The van der Waals surface area contributed by atoms with E-state index >= 15 is 0 Å². The Balaban J connectivity index is 0. The molecule has 1 saturated carbocycles. The molecule has 1 aliphatic rings. The molecule has 0 heterocycles. The van der Waals surface area contributed by atoms with Gasteiger partial charge in [-0.1, -0.05) is 27.7 Å². The fourth-order valence-electron chi connectivity index (χ4n) is 2.09. The van der Waals surface area contributed by atoms with Crippen LogP contribution in [0.2, 0.25) is 0 Å². The Kier molecular flexibility index (Phi) is 10.8. The van der Waals surface area contributed by atoms with Crippen molar-refractivity contribution >= 4 is 8.41 Å². The smallest absolute Gasteiger partial charge is 0.0581 e. The van der Waals surface area contributed by atoms with E-state index in [1.54, 1.807) is 0 Å². The van der Waals surface area contributed by atoms with Crippen LogP contribution < -0.4 is 0 Å². The Bertz CT molecular complexity index is 134. The van der Waals surface area contributed by atoms with Crippen LogP contribution in [0.15, 0.2) is 0 Å². The van der Waals surface area contributed by atoms with Gasteiger partial charge in [0.1, 0.15) is 0 Å². The van der Waals surface area contributed by atoms with Crippen molar-refractivity contribution in [2.45, 2.75) is 73.0 Å². The van der Waals surface area contributed by atoms with Gasteiger partial charge in [-0.05, 0) is 44.9 Å². The molecule has 0 N–H and O–H groups in total. The number of rotatable bonds is 3. The molecule has 3 radical (unpaired) electrons. The van der Waals surface area contributed by atoms with Crippen molar-refractivity contribution in [3.63, 3.8) is 0 Å². The van der Waals surface area contributed by atoms with Crippen LogP contribution in [0, 0.1) is 11.8 Å². The SMILES string of the molecule is CC.CC(C)OC1CCC(C(C)C)C1.[B]. The van der Waals surface area contributed by atoms with Crippen LogP contribution in [0.25, 0.3) is 0 Å². The van der Waals surface area contributed by atoms with Crippen molar-refractivity contribution < 1.29 is 4.74 Å². The maximum absolute atomic E-state index is 5.79. The first-order chi connectivity index (χ1) is 6.59. The van der Waals surface area contributed by atoms with Gasteiger partial charge in [-0.25, -0.2) is 0 Å². The largest absolute Gasteiger partial charge is 0.376 e. The van der Waals surface area contributed by atoms with Crippen LogP contribution in [0.1, 0.15) is 60.8 Å². The lowest BCUT2D eigenvalue weighted by Gasteiger charge is -2.16. The van der Waals surface area contributed by atoms with E-state index in [1.165, 1.54) is 19.3 Å². The number of hydrogen-bond acceptors (Lipinski definition) is 1. The molecule has 0 saturated heterocycles. The second-order valence-corrected chi connectivity index (χ2v) is 4.62. The minimum absolute atomic E-state index is 0. The fraction of sp³-hybridized carbons (Fsp3) is 1.00. The molecular formula is C13H28BO. The summed E-state index contributed by atoms with van der Waals surface area (Å²) in [5.74, 6) is 1.75. The zero-order valence-electron chi connectivity index (χ0n) is 11.4. The molecule has 1 fully saturated rings. The molecule has 1 aliphatic carbocycles. The molecule has 2 heteroatoms. The Morgan fingerprint density at radius 3 is 1.87 bits per heavy atom. The molecular weight excluding hydrogens is 183 g/mol. The van der Waals surface area contributed by atoms with E-state index in [0.29, 0.717) is 12.2 Å². The predicted octanol–water partition coefficient (Wildman–Crippen LogP) is 3.88. The first-order valence-electron chi connectivity index (χ1n) is 6.25. The highest BCUT2D eigenvalue weighted by atomic mass is 16.5. The normalized spacial score (nSPS) is 24.8. The quantitative estimate of drug-likeness (QED) is 0.643. The molecule has 0 amide bonds. The summed E-state index contributed by atoms with van der Waals surface area (Å²) in [4.78, 5) is 0. The monoisotopic (exact) mass is 211 g/mol. The first-order valence-corrected chi connectivity index (χ1v) is 6.25. The van der Waals surface area contributed by atoms with E-state index < -0.39 is 0 Å². The summed E-state index contributed by atoms with van der Waals surface area (Å²) >= 11 is 0. The van der Waals surface area contributed by atoms with E-state index in [2.05, 4.69) is 27.7 Å². The highest BCUT2D eigenvalue weighted by molar-refractivity contribution is 5.75.